The molecule has 0 aliphatic heterocycles. The second kappa shape index (κ2) is 5.68. The standard InChI is InChI=1S/C11H9ClF3N3O2/c12-6-1-2-7(8(16)3-6)10-17-9(18-20-10)4-19-5-11(13,14)15/h1-3H,4-5,16H2. The highest BCUT2D eigenvalue weighted by atomic mass is 35.5. The minimum atomic E-state index is -4.40. The monoisotopic (exact) mass is 307 g/mol. The van der Waals surface area contributed by atoms with Crippen LogP contribution in [0.4, 0.5) is 18.9 Å². The van der Waals surface area contributed by atoms with Gasteiger partial charge in [0.05, 0.1) is 5.56 Å². The highest BCUT2D eigenvalue weighted by Gasteiger charge is 2.27. The number of aromatic nitrogens is 2. The van der Waals surface area contributed by atoms with Gasteiger partial charge in [0.25, 0.3) is 5.89 Å². The molecule has 1 aromatic carbocycles. The fourth-order valence-electron chi connectivity index (χ4n) is 1.41. The SMILES string of the molecule is Nc1cc(Cl)ccc1-c1nc(COCC(F)(F)F)no1. The summed E-state index contributed by atoms with van der Waals surface area (Å²) in [6.45, 7) is -1.78. The Hall–Kier alpha value is -1.80. The average molecular weight is 308 g/mol. The molecule has 0 atom stereocenters. The highest BCUT2D eigenvalue weighted by molar-refractivity contribution is 6.31. The molecule has 0 spiro atoms. The quantitative estimate of drug-likeness (QED) is 0.879. The Bertz CT molecular complexity index is 601. The number of hydrogen-bond acceptors (Lipinski definition) is 5. The highest BCUT2D eigenvalue weighted by Crippen LogP contribution is 2.27. The fourth-order valence-corrected chi connectivity index (χ4v) is 1.59. The van der Waals surface area contributed by atoms with E-state index in [2.05, 4.69) is 14.9 Å². The molecule has 20 heavy (non-hydrogen) atoms. The van der Waals surface area contributed by atoms with E-state index < -0.39 is 19.4 Å². The van der Waals surface area contributed by atoms with Crippen LogP contribution in [-0.2, 0) is 11.3 Å². The first kappa shape index (κ1) is 14.6. The van der Waals surface area contributed by atoms with E-state index in [0.29, 0.717) is 16.3 Å². The van der Waals surface area contributed by atoms with Gasteiger partial charge in [-0.3, -0.25) is 0 Å². The van der Waals surface area contributed by atoms with Gasteiger partial charge in [-0.2, -0.15) is 18.2 Å². The molecule has 108 valence electrons. The van der Waals surface area contributed by atoms with Gasteiger partial charge in [-0.05, 0) is 18.2 Å². The van der Waals surface area contributed by atoms with Crippen molar-refractivity contribution in [2.75, 3.05) is 12.3 Å². The van der Waals surface area contributed by atoms with Crippen molar-refractivity contribution >= 4 is 17.3 Å². The largest absolute Gasteiger partial charge is 0.411 e. The molecular formula is C11H9ClF3N3O2. The number of anilines is 1. The number of benzene rings is 1. The van der Waals surface area contributed by atoms with Crippen molar-refractivity contribution < 1.29 is 22.4 Å². The summed E-state index contributed by atoms with van der Waals surface area (Å²) in [7, 11) is 0. The van der Waals surface area contributed by atoms with Gasteiger partial charge in [0.15, 0.2) is 5.82 Å². The summed E-state index contributed by atoms with van der Waals surface area (Å²) in [5, 5.41) is 3.95. The van der Waals surface area contributed by atoms with Crippen LogP contribution in [0.5, 0.6) is 0 Å². The minimum Gasteiger partial charge on any atom is -0.398 e. The lowest BCUT2D eigenvalue weighted by molar-refractivity contribution is -0.177. The zero-order valence-corrected chi connectivity index (χ0v) is 10.7. The van der Waals surface area contributed by atoms with Crippen LogP contribution in [0.25, 0.3) is 11.5 Å². The molecule has 2 N–H and O–H groups in total. The molecule has 2 rings (SSSR count). The van der Waals surface area contributed by atoms with E-state index in [1.807, 2.05) is 0 Å². The molecule has 0 aliphatic carbocycles. The Labute approximate surface area is 116 Å². The molecule has 5 nitrogen and oxygen atoms in total. The van der Waals surface area contributed by atoms with Crippen molar-refractivity contribution in [2.45, 2.75) is 12.8 Å². The number of ether oxygens (including phenoxy) is 1. The van der Waals surface area contributed by atoms with Crippen molar-refractivity contribution in [3.05, 3.63) is 29.0 Å². The molecule has 0 aliphatic rings. The maximum absolute atomic E-state index is 11.9. The molecule has 0 saturated heterocycles. The first-order valence-corrected chi connectivity index (χ1v) is 5.75. The fraction of sp³-hybridized carbons (Fsp3) is 0.273. The lowest BCUT2D eigenvalue weighted by Gasteiger charge is -2.04. The summed E-state index contributed by atoms with van der Waals surface area (Å²) < 4.78 is 45.0. The van der Waals surface area contributed by atoms with E-state index in [1.165, 1.54) is 6.07 Å². The molecule has 1 heterocycles. The summed E-state index contributed by atoms with van der Waals surface area (Å²) in [5.41, 5.74) is 6.50. The van der Waals surface area contributed by atoms with Crippen LogP contribution in [0, 0.1) is 0 Å². The predicted octanol–water partition coefficient (Wildman–Crippen LogP) is 3.05. The van der Waals surface area contributed by atoms with E-state index in [-0.39, 0.29) is 11.7 Å². The first-order valence-electron chi connectivity index (χ1n) is 5.37. The molecular weight excluding hydrogens is 299 g/mol. The minimum absolute atomic E-state index is 0.00130. The molecule has 0 unspecified atom stereocenters. The summed E-state index contributed by atoms with van der Waals surface area (Å²) >= 11 is 5.75. The van der Waals surface area contributed by atoms with Crippen LogP contribution >= 0.6 is 11.6 Å². The molecule has 9 heteroatoms. The van der Waals surface area contributed by atoms with Crippen LogP contribution in [0.2, 0.25) is 5.02 Å². The zero-order chi connectivity index (χ0) is 14.8. The third kappa shape index (κ3) is 3.84. The lowest BCUT2D eigenvalue weighted by Crippen LogP contribution is -2.16. The van der Waals surface area contributed by atoms with Crippen molar-refractivity contribution in [1.82, 2.24) is 10.1 Å². The third-order valence-corrected chi connectivity index (χ3v) is 2.44. The van der Waals surface area contributed by atoms with Gasteiger partial charge < -0.3 is 15.0 Å². The number of nitrogens with zero attached hydrogens (tertiary/aromatic N) is 2. The Morgan fingerprint density at radius 3 is 2.75 bits per heavy atom. The Balaban J connectivity index is 2.05. The summed E-state index contributed by atoms with van der Waals surface area (Å²) in [4.78, 5) is 3.90. The smallest absolute Gasteiger partial charge is 0.398 e. The van der Waals surface area contributed by atoms with Crippen molar-refractivity contribution in [2.24, 2.45) is 0 Å². The van der Waals surface area contributed by atoms with Crippen molar-refractivity contribution in [3.8, 4) is 11.5 Å². The topological polar surface area (TPSA) is 74.2 Å². The van der Waals surface area contributed by atoms with Gasteiger partial charge in [0, 0.05) is 10.7 Å². The van der Waals surface area contributed by atoms with Crippen molar-refractivity contribution in [1.29, 1.82) is 0 Å². The predicted molar refractivity (Wildman–Crippen MR) is 64.9 cm³/mol. The van der Waals surface area contributed by atoms with E-state index in [0.717, 1.165) is 0 Å². The maximum Gasteiger partial charge on any atom is 0.411 e. The van der Waals surface area contributed by atoms with Gasteiger partial charge in [-0.1, -0.05) is 16.8 Å². The summed E-state index contributed by atoms with van der Waals surface area (Å²) in [5.74, 6) is 0.0865. The second-order valence-electron chi connectivity index (χ2n) is 3.86. The number of nitrogens with two attached hydrogens (primary N) is 1. The molecule has 1 aromatic heterocycles. The van der Waals surface area contributed by atoms with E-state index in [9.17, 15) is 13.2 Å². The van der Waals surface area contributed by atoms with E-state index in [1.54, 1.807) is 12.1 Å². The van der Waals surface area contributed by atoms with Gasteiger partial charge in [0.2, 0.25) is 0 Å². The Morgan fingerprint density at radius 2 is 2.10 bits per heavy atom. The summed E-state index contributed by atoms with van der Waals surface area (Å²) in [6.07, 6.45) is -4.40. The maximum atomic E-state index is 11.9. The number of halogens is 4. The second-order valence-corrected chi connectivity index (χ2v) is 4.29. The number of nitrogen functional groups attached to an aromatic ring is 1. The van der Waals surface area contributed by atoms with Gasteiger partial charge in [-0.25, -0.2) is 0 Å². The van der Waals surface area contributed by atoms with Crippen LogP contribution in [0.15, 0.2) is 22.7 Å². The van der Waals surface area contributed by atoms with E-state index >= 15 is 0 Å². The van der Waals surface area contributed by atoms with Crippen LogP contribution in [-0.4, -0.2) is 22.9 Å². The Morgan fingerprint density at radius 1 is 1.35 bits per heavy atom. The van der Waals surface area contributed by atoms with Crippen molar-refractivity contribution in [3.63, 3.8) is 0 Å². The molecule has 0 saturated carbocycles. The van der Waals surface area contributed by atoms with Gasteiger partial charge in [0.1, 0.15) is 13.2 Å². The van der Waals surface area contributed by atoms with Crippen LogP contribution < -0.4 is 5.73 Å². The van der Waals surface area contributed by atoms with Crippen LogP contribution in [0.3, 0.4) is 0 Å². The zero-order valence-electron chi connectivity index (χ0n) is 9.95. The number of rotatable bonds is 4. The normalized spacial score (nSPS) is 11.8. The Kier molecular flexibility index (Phi) is 4.15. The van der Waals surface area contributed by atoms with Gasteiger partial charge >= 0.3 is 6.18 Å². The number of alkyl halides is 3. The molecule has 0 fully saturated rings. The first-order chi connectivity index (χ1) is 9.35. The summed E-state index contributed by atoms with van der Waals surface area (Å²) in [6, 6.07) is 4.66. The molecule has 0 amide bonds. The molecule has 0 bridgehead atoms. The molecule has 2 aromatic rings. The van der Waals surface area contributed by atoms with Crippen LogP contribution in [0.1, 0.15) is 5.82 Å². The third-order valence-electron chi connectivity index (χ3n) is 2.21. The molecule has 0 radical (unpaired) electrons. The lowest BCUT2D eigenvalue weighted by atomic mass is 10.2. The van der Waals surface area contributed by atoms with E-state index in [4.69, 9.17) is 21.9 Å². The number of hydrogen-bond donors (Lipinski definition) is 1. The average Bonchev–Trinajstić information content (AvgIpc) is 2.75. The van der Waals surface area contributed by atoms with Gasteiger partial charge in [-0.15, -0.1) is 0 Å².